The molecule has 0 aliphatic carbocycles. The molecular weight excluding hydrogens is 308 g/mol. The maximum atomic E-state index is 12.7. The number of fused-ring (bicyclic) bond motifs is 3. The Labute approximate surface area is 141 Å². The Morgan fingerprint density at radius 2 is 2.00 bits per heavy atom. The van der Waals surface area contributed by atoms with E-state index in [4.69, 9.17) is 4.74 Å². The first-order valence-corrected chi connectivity index (χ1v) is 8.16. The topological polar surface area (TPSA) is 67.7 Å². The van der Waals surface area contributed by atoms with Crippen LogP contribution in [0.5, 0.6) is 0 Å². The van der Waals surface area contributed by atoms with Crippen molar-refractivity contribution in [3.8, 4) is 0 Å². The van der Waals surface area contributed by atoms with Crippen LogP contribution in [0.4, 0.5) is 4.79 Å². The van der Waals surface area contributed by atoms with Gasteiger partial charge in [0.2, 0.25) is 0 Å². The molecule has 7 nitrogen and oxygen atoms in total. The van der Waals surface area contributed by atoms with E-state index in [9.17, 15) is 9.59 Å². The van der Waals surface area contributed by atoms with E-state index >= 15 is 0 Å². The molecule has 3 rings (SSSR count). The summed E-state index contributed by atoms with van der Waals surface area (Å²) in [6.45, 7) is 9.02. The van der Waals surface area contributed by atoms with Gasteiger partial charge in [-0.05, 0) is 33.3 Å². The van der Waals surface area contributed by atoms with Crippen LogP contribution >= 0.6 is 0 Å². The number of carbonyl (C=O) groups excluding carboxylic acids is 2. The third-order valence-electron chi connectivity index (χ3n) is 4.09. The lowest BCUT2D eigenvalue weighted by Gasteiger charge is -2.30. The second kappa shape index (κ2) is 5.65. The standard InChI is InChI=1S/C17H24N4O3/c1-11-8-19(5)15(22)14-12-10-20(16(23)24-17(2,3)4)7-6-13(12)18-21(14)9-11/h8H,6-7,9-10H2,1-5H3. The second-order valence-corrected chi connectivity index (χ2v) is 7.47. The predicted molar refractivity (Wildman–Crippen MR) is 88.4 cm³/mol. The SMILES string of the molecule is CC1=CN(C)C(=O)c2c3c(nn2C1)CCN(C(=O)OC(C)(C)C)C3. The number of ether oxygens (including phenoxy) is 1. The number of rotatable bonds is 0. The summed E-state index contributed by atoms with van der Waals surface area (Å²) in [5.74, 6) is -0.0911. The molecule has 0 aromatic carbocycles. The number of hydrogen-bond donors (Lipinski definition) is 0. The Morgan fingerprint density at radius 3 is 2.67 bits per heavy atom. The number of carbonyl (C=O) groups is 2. The molecule has 0 radical (unpaired) electrons. The van der Waals surface area contributed by atoms with Crippen LogP contribution in [-0.4, -0.2) is 50.8 Å². The zero-order valence-electron chi connectivity index (χ0n) is 14.9. The molecule has 2 aliphatic heterocycles. The van der Waals surface area contributed by atoms with Gasteiger partial charge in [-0.25, -0.2) is 4.79 Å². The minimum atomic E-state index is -0.537. The van der Waals surface area contributed by atoms with Crippen molar-refractivity contribution in [2.45, 2.75) is 52.8 Å². The smallest absolute Gasteiger partial charge is 0.410 e. The van der Waals surface area contributed by atoms with Gasteiger partial charge in [0.15, 0.2) is 0 Å². The molecule has 1 aromatic heterocycles. The number of amides is 2. The van der Waals surface area contributed by atoms with Gasteiger partial charge >= 0.3 is 6.09 Å². The molecule has 2 amide bonds. The first kappa shape index (κ1) is 16.5. The van der Waals surface area contributed by atoms with Gasteiger partial charge in [0.05, 0.1) is 18.8 Å². The van der Waals surface area contributed by atoms with Crippen molar-refractivity contribution in [3.63, 3.8) is 0 Å². The minimum absolute atomic E-state index is 0.0911. The van der Waals surface area contributed by atoms with Crippen LogP contribution in [0.25, 0.3) is 0 Å². The lowest BCUT2D eigenvalue weighted by atomic mass is 10.1. The number of hydrogen-bond acceptors (Lipinski definition) is 4. The quantitative estimate of drug-likeness (QED) is 0.730. The lowest BCUT2D eigenvalue weighted by molar-refractivity contribution is 0.0222. The van der Waals surface area contributed by atoms with Gasteiger partial charge in [-0.3, -0.25) is 9.48 Å². The van der Waals surface area contributed by atoms with Crippen molar-refractivity contribution in [1.29, 1.82) is 0 Å². The molecule has 24 heavy (non-hydrogen) atoms. The lowest BCUT2D eigenvalue weighted by Crippen LogP contribution is -2.40. The number of nitrogens with zero attached hydrogens (tertiary/aromatic N) is 4. The van der Waals surface area contributed by atoms with E-state index in [2.05, 4.69) is 5.10 Å². The molecule has 0 fully saturated rings. The van der Waals surface area contributed by atoms with E-state index in [0.29, 0.717) is 31.7 Å². The average molecular weight is 332 g/mol. The van der Waals surface area contributed by atoms with E-state index in [0.717, 1.165) is 16.8 Å². The molecule has 0 atom stereocenters. The van der Waals surface area contributed by atoms with Crippen LogP contribution in [0.15, 0.2) is 11.8 Å². The molecule has 0 N–H and O–H groups in total. The van der Waals surface area contributed by atoms with Crippen molar-refractivity contribution in [3.05, 3.63) is 28.7 Å². The summed E-state index contributed by atoms with van der Waals surface area (Å²) in [4.78, 5) is 28.3. The van der Waals surface area contributed by atoms with Crippen molar-refractivity contribution < 1.29 is 14.3 Å². The van der Waals surface area contributed by atoms with E-state index in [1.807, 2.05) is 33.9 Å². The van der Waals surface area contributed by atoms with Gasteiger partial charge in [0.1, 0.15) is 11.3 Å². The fourth-order valence-corrected chi connectivity index (χ4v) is 3.10. The molecule has 3 heterocycles. The Bertz CT molecular complexity index is 727. The molecule has 130 valence electrons. The van der Waals surface area contributed by atoms with E-state index in [-0.39, 0.29) is 12.0 Å². The molecule has 0 unspecified atom stereocenters. The first-order chi connectivity index (χ1) is 11.2. The third-order valence-corrected chi connectivity index (χ3v) is 4.09. The molecule has 0 bridgehead atoms. The summed E-state index contributed by atoms with van der Waals surface area (Å²) >= 11 is 0. The van der Waals surface area contributed by atoms with Crippen LogP contribution in [0, 0.1) is 0 Å². The molecule has 0 saturated heterocycles. The molecule has 2 aliphatic rings. The Kier molecular flexibility index (Phi) is 3.89. The Hall–Kier alpha value is -2.31. The third kappa shape index (κ3) is 3.02. The van der Waals surface area contributed by atoms with Gasteiger partial charge in [-0.2, -0.15) is 5.10 Å². The first-order valence-electron chi connectivity index (χ1n) is 8.16. The highest BCUT2D eigenvalue weighted by atomic mass is 16.6. The van der Waals surface area contributed by atoms with Crippen LogP contribution in [-0.2, 0) is 24.2 Å². The maximum absolute atomic E-state index is 12.7. The summed E-state index contributed by atoms with van der Waals surface area (Å²) in [5, 5.41) is 4.60. The fourth-order valence-electron chi connectivity index (χ4n) is 3.10. The minimum Gasteiger partial charge on any atom is -0.444 e. The molecular formula is C17H24N4O3. The Balaban J connectivity index is 1.91. The van der Waals surface area contributed by atoms with Crippen LogP contribution in [0.1, 0.15) is 49.4 Å². The van der Waals surface area contributed by atoms with Gasteiger partial charge in [-0.15, -0.1) is 0 Å². The van der Waals surface area contributed by atoms with E-state index in [1.165, 1.54) is 0 Å². The predicted octanol–water partition coefficient (Wildman–Crippen LogP) is 2.17. The number of allylic oxidation sites excluding steroid dienone is 1. The summed E-state index contributed by atoms with van der Waals surface area (Å²) < 4.78 is 7.22. The van der Waals surface area contributed by atoms with Gasteiger partial charge < -0.3 is 14.5 Å². The van der Waals surface area contributed by atoms with Gasteiger partial charge in [0, 0.05) is 31.8 Å². The van der Waals surface area contributed by atoms with Crippen LogP contribution in [0.2, 0.25) is 0 Å². The summed E-state index contributed by atoms with van der Waals surface area (Å²) in [6, 6.07) is 0. The normalized spacial score (nSPS) is 17.9. The highest BCUT2D eigenvalue weighted by Gasteiger charge is 2.33. The zero-order chi connectivity index (χ0) is 17.6. The van der Waals surface area contributed by atoms with Crippen LogP contribution < -0.4 is 0 Å². The summed E-state index contributed by atoms with van der Waals surface area (Å²) in [6.07, 6.45) is 2.11. The maximum Gasteiger partial charge on any atom is 0.410 e. The fraction of sp³-hybridized carbons (Fsp3) is 0.588. The van der Waals surface area contributed by atoms with Gasteiger partial charge in [0.25, 0.3) is 5.91 Å². The number of aromatic nitrogens is 2. The van der Waals surface area contributed by atoms with Crippen molar-refractivity contribution in [1.82, 2.24) is 19.6 Å². The monoisotopic (exact) mass is 332 g/mol. The highest BCUT2D eigenvalue weighted by molar-refractivity contribution is 5.95. The van der Waals surface area contributed by atoms with Crippen molar-refractivity contribution in [2.24, 2.45) is 0 Å². The van der Waals surface area contributed by atoms with E-state index in [1.54, 1.807) is 21.5 Å². The van der Waals surface area contributed by atoms with Gasteiger partial charge in [-0.1, -0.05) is 0 Å². The zero-order valence-corrected chi connectivity index (χ0v) is 14.9. The molecule has 0 spiro atoms. The second-order valence-electron chi connectivity index (χ2n) is 7.47. The van der Waals surface area contributed by atoms with Crippen molar-refractivity contribution in [2.75, 3.05) is 13.6 Å². The molecule has 0 saturated carbocycles. The molecule has 1 aromatic rings. The summed E-state index contributed by atoms with van der Waals surface area (Å²) in [7, 11) is 1.75. The largest absolute Gasteiger partial charge is 0.444 e. The van der Waals surface area contributed by atoms with Crippen LogP contribution in [0.3, 0.4) is 0 Å². The molecule has 7 heteroatoms. The average Bonchev–Trinajstić information content (AvgIpc) is 2.75. The van der Waals surface area contributed by atoms with Crippen molar-refractivity contribution >= 4 is 12.0 Å². The Morgan fingerprint density at radius 1 is 1.29 bits per heavy atom. The van der Waals surface area contributed by atoms with E-state index < -0.39 is 5.60 Å². The summed E-state index contributed by atoms with van der Waals surface area (Å²) in [5.41, 5.74) is 2.85. The highest BCUT2D eigenvalue weighted by Crippen LogP contribution is 2.27.